The zero-order valence-corrected chi connectivity index (χ0v) is 23.5. The first kappa shape index (κ1) is 29.2. The lowest BCUT2D eigenvalue weighted by molar-refractivity contribution is -0.178. The minimum Gasteiger partial charge on any atom is -0.444 e. The van der Waals surface area contributed by atoms with Gasteiger partial charge in [-0.25, -0.2) is 9.78 Å². The predicted molar refractivity (Wildman–Crippen MR) is 140 cm³/mol. The summed E-state index contributed by atoms with van der Waals surface area (Å²) in [6, 6.07) is 4.70. The van der Waals surface area contributed by atoms with Crippen molar-refractivity contribution in [1.29, 1.82) is 0 Å². The number of aromatic nitrogens is 2. The monoisotopic (exact) mass is 509 g/mol. The summed E-state index contributed by atoms with van der Waals surface area (Å²) in [5, 5.41) is 3.69. The lowest BCUT2D eigenvalue weighted by atomic mass is 10.2. The van der Waals surface area contributed by atoms with E-state index in [0.717, 1.165) is 11.4 Å². The quantitative estimate of drug-likeness (QED) is 0.235. The van der Waals surface area contributed by atoms with Gasteiger partial charge in [0.25, 0.3) is 0 Å². The minimum atomic E-state index is -1.33. The summed E-state index contributed by atoms with van der Waals surface area (Å²) in [7, 11) is -1.33. The van der Waals surface area contributed by atoms with Gasteiger partial charge in [0.15, 0.2) is 6.29 Å². The Morgan fingerprint density at radius 3 is 2.34 bits per heavy atom. The molecule has 1 atom stereocenters. The van der Waals surface area contributed by atoms with Crippen LogP contribution >= 0.6 is 0 Å². The average Bonchev–Trinajstić information content (AvgIpc) is 3.17. The van der Waals surface area contributed by atoms with E-state index in [0.29, 0.717) is 49.9 Å². The van der Waals surface area contributed by atoms with E-state index in [1.54, 1.807) is 6.20 Å². The zero-order valence-electron chi connectivity index (χ0n) is 22.5. The van der Waals surface area contributed by atoms with Crippen molar-refractivity contribution in [3.05, 3.63) is 24.0 Å². The van der Waals surface area contributed by atoms with Gasteiger partial charge in [-0.15, -0.1) is 0 Å². The van der Waals surface area contributed by atoms with E-state index in [-0.39, 0.29) is 6.29 Å². The highest BCUT2D eigenvalue weighted by atomic mass is 28.3. The summed E-state index contributed by atoms with van der Waals surface area (Å²) in [6.45, 7) is 18.2. The smallest absolute Gasteiger partial charge is 0.412 e. The van der Waals surface area contributed by atoms with E-state index in [4.69, 9.17) is 28.7 Å². The summed E-state index contributed by atoms with van der Waals surface area (Å²) >= 11 is 0. The van der Waals surface area contributed by atoms with Crippen molar-refractivity contribution < 1.29 is 28.5 Å². The van der Waals surface area contributed by atoms with Crippen LogP contribution < -0.4 is 5.32 Å². The Morgan fingerprint density at radius 2 is 1.74 bits per heavy atom. The summed E-state index contributed by atoms with van der Waals surface area (Å²) in [4.78, 5) is 20.5. The van der Waals surface area contributed by atoms with Crippen molar-refractivity contribution in [2.24, 2.45) is 0 Å². The van der Waals surface area contributed by atoms with Gasteiger partial charge in [-0.05, 0) is 52.8 Å². The lowest BCUT2D eigenvalue weighted by Crippen LogP contribution is -2.28. The molecule has 0 aromatic carbocycles. The minimum absolute atomic E-state index is 0.332. The number of rotatable bonds is 14. The maximum atomic E-state index is 12.6. The molecule has 2 aromatic heterocycles. The molecule has 0 aliphatic heterocycles. The van der Waals surface area contributed by atoms with Gasteiger partial charge >= 0.3 is 6.09 Å². The highest BCUT2D eigenvalue weighted by Crippen LogP contribution is 2.30. The first-order valence-electron chi connectivity index (χ1n) is 12.4. The fourth-order valence-corrected chi connectivity index (χ4v) is 3.96. The Balaban J connectivity index is 2.29. The number of pyridine rings is 1. The van der Waals surface area contributed by atoms with Crippen molar-refractivity contribution in [2.45, 2.75) is 84.9 Å². The second kappa shape index (κ2) is 13.4. The summed E-state index contributed by atoms with van der Waals surface area (Å²) < 4.78 is 29.1. The number of nitrogens with one attached hydrogen (secondary N) is 2. The third-order valence-electron chi connectivity index (χ3n) is 4.87. The highest BCUT2D eigenvalue weighted by molar-refractivity contribution is 6.76. The van der Waals surface area contributed by atoms with Gasteiger partial charge in [-0.3, -0.25) is 5.32 Å². The van der Waals surface area contributed by atoms with E-state index in [9.17, 15) is 4.79 Å². The van der Waals surface area contributed by atoms with Gasteiger partial charge in [-0.1, -0.05) is 19.6 Å². The van der Waals surface area contributed by atoms with Crippen LogP contribution in [-0.2, 0) is 23.7 Å². The van der Waals surface area contributed by atoms with Crippen molar-refractivity contribution in [3.63, 3.8) is 0 Å². The Bertz CT molecular complexity index is 916. The van der Waals surface area contributed by atoms with Crippen molar-refractivity contribution in [3.8, 4) is 0 Å². The molecule has 1 amide bonds. The second-order valence-electron chi connectivity index (χ2n) is 10.5. The van der Waals surface area contributed by atoms with Crippen LogP contribution in [0.15, 0.2) is 18.3 Å². The molecule has 2 aromatic rings. The first-order valence-corrected chi connectivity index (χ1v) is 16.1. The van der Waals surface area contributed by atoms with Crippen LogP contribution in [0.4, 0.5) is 10.5 Å². The number of carbonyl (C=O) groups is 1. The first-order chi connectivity index (χ1) is 16.4. The number of hydrogen-bond acceptors (Lipinski definition) is 7. The molecule has 10 heteroatoms. The Morgan fingerprint density at radius 1 is 1.09 bits per heavy atom. The SMILES string of the molecule is CCOC(CCOC(OCC[Si](C)(C)C)c1nc2[nH]ccc2cc1NC(=O)OC(C)(C)C)OCC. The normalized spacial score (nSPS) is 13.4. The lowest BCUT2D eigenvalue weighted by Gasteiger charge is -2.25. The molecule has 9 nitrogen and oxygen atoms in total. The van der Waals surface area contributed by atoms with Crippen molar-refractivity contribution in [2.75, 3.05) is 31.7 Å². The molecule has 0 spiro atoms. The van der Waals surface area contributed by atoms with E-state index >= 15 is 0 Å². The molecule has 0 fully saturated rings. The Hall–Kier alpha value is -1.98. The highest BCUT2D eigenvalue weighted by Gasteiger charge is 2.25. The van der Waals surface area contributed by atoms with Crippen LogP contribution in [0, 0.1) is 0 Å². The largest absolute Gasteiger partial charge is 0.444 e. The molecule has 2 N–H and O–H groups in total. The van der Waals surface area contributed by atoms with Gasteiger partial charge in [0, 0.05) is 45.9 Å². The molecular formula is C25H43N3O6Si. The summed E-state index contributed by atoms with van der Waals surface area (Å²) in [6.07, 6.45) is 0.632. The predicted octanol–water partition coefficient (Wildman–Crippen LogP) is 6.07. The Kier molecular flexibility index (Phi) is 11.2. The number of fused-ring (bicyclic) bond motifs is 1. The molecule has 35 heavy (non-hydrogen) atoms. The van der Waals surface area contributed by atoms with Crippen LogP contribution in [0.1, 0.15) is 53.0 Å². The second-order valence-corrected chi connectivity index (χ2v) is 16.1. The zero-order chi connectivity index (χ0) is 26.1. The van der Waals surface area contributed by atoms with Gasteiger partial charge in [0.1, 0.15) is 16.9 Å². The molecule has 2 heterocycles. The molecule has 1 unspecified atom stereocenters. The number of aromatic amines is 1. The molecule has 0 radical (unpaired) electrons. The van der Waals surface area contributed by atoms with Gasteiger partial charge in [0.2, 0.25) is 6.29 Å². The number of amides is 1. The van der Waals surface area contributed by atoms with E-state index in [1.807, 2.05) is 46.8 Å². The van der Waals surface area contributed by atoms with Crippen LogP contribution in [0.3, 0.4) is 0 Å². The van der Waals surface area contributed by atoms with Crippen molar-refractivity contribution >= 4 is 30.9 Å². The van der Waals surface area contributed by atoms with E-state index in [2.05, 4.69) is 29.9 Å². The summed E-state index contributed by atoms with van der Waals surface area (Å²) in [5.74, 6) is 0. The molecule has 0 aliphatic rings. The molecule has 0 saturated carbocycles. The molecule has 0 bridgehead atoms. The van der Waals surface area contributed by atoms with E-state index < -0.39 is 26.1 Å². The van der Waals surface area contributed by atoms with Gasteiger partial charge in [-0.2, -0.15) is 0 Å². The van der Waals surface area contributed by atoms with Gasteiger partial charge in [0.05, 0.1) is 12.3 Å². The molecule has 0 saturated heterocycles. The van der Waals surface area contributed by atoms with Crippen LogP contribution in [0.5, 0.6) is 0 Å². The third kappa shape index (κ3) is 10.7. The van der Waals surface area contributed by atoms with E-state index in [1.165, 1.54) is 0 Å². The molecule has 2 rings (SSSR count). The standard InChI is InChI=1S/C25H43N3O6Si/c1-9-30-20(31-10-2)12-14-32-23(33-15-16-35(6,7)8)21-19(27-24(29)34-25(3,4)5)17-18-11-13-26-22(18)28-21/h11,13,17,20,23H,9-10,12,14-16H2,1-8H3,(H,26,28)(H,27,29). The number of anilines is 1. The van der Waals surface area contributed by atoms with Crippen LogP contribution in [0.2, 0.25) is 25.7 Å². The molecule has 198 valence electrons. The third-order valence-corrected chi connectivity index (χ3v) is 6.58. The molecule has 0 aliphatic carbocycles. The van der Waals surface area contributed by atoms with Crippen LogP contribution in [-0.4, -0.2) is 62.5 Å². The number of nitrogens with zero attached hydrogens (tertiary/aromatic N) is 1. The topological polar surface area (TPSA) is 104 Å². The Labute approximate surface area is 210 Å². The molecular weight excluding hydrogens is 466 g/mol. The number of H-pyrrole nitrogens is 1. The van der Waals surface area contributed by atoms with Crippen LogP contribution in [0.25, 0.3) is 11.0 Å². The fraction of sp³-hybridized carbons (Fsp3) is 0.680. The van der Waals surface area contributed by atoms with Crippen molar-refractivity contribution in [1.82, 2.24) is 9.97 Å². The fourth-order valence-electron chi connectivity index (χ4n) is 3.23. The maximum absolute atomic E-state index is 12.6. The number of hydrogen-bond donors (Lipinski definition) is 2. The number of ether oxygens (including phenoxy) is 5. The summed E-state index contributed by atoms with van der Waals surface area (Å²) in [5.41, 5.74) is 1.01. The maximum Gasteiger partial charge on any atom is 0.412 e. The van der Waals surface area contributed by atoms with Gasteiger partial charge < -0.3 is 28.7 Å². The average molecular weight is 510 g/mol. The number of carbonyl (C=O) groups excluding carboxylic acids is 1.